The number of benzene rings is 2. The van der Waals surface area contributed by atoms with E-state index in [-0.39, 0.29) is 11.9 Å². The summed E-state index contributed by atoms with van der Waals surface area (Å²) in [6.07, 6.45) is 0. The summed E-state index contributed by atoms with van der Waals surface area (Å²) in [5.41, 5.74) is 3.69. The highest BCUT2D eigenvalue weighted by molar-refractivity contribution is 5.78. The molecule has 26 heavy (non-hydrogen) atoms. The van der Waals surface area contributed by atoms with E-state index >= 15 is 0 Å². The number of nitrogens with one attached hydrogen (secondary N) is 1. The van der Waals surface area contributed by atoms with Crippen molar-refractivity contribution in [3.05, 3.63) is 65.7 Å². The zero-order valence-electron chi connectivity index (χ0n) is 16.0. The normalized spacial score (nSPS) is 19.2. The average Bonchev–Trinajstić information content (AvgIpc) is 2.63. The van der Waals surface area contributed by atoms with Crippen LogP contribution in [0.3, 0.4) is 0 Å². The number of rotatable bonds is 5. The second-order valence-electron chi connectivity index (χ2n) is 7.31. The lowest BCUT2D eigenvalue weighted by Crippen LogP contribution is -2.54. The zero-order valence-corrected chi connectivity index (χ0v) is 16.0. The zero-order chi connectivity index (χ0) is 18.5. The molecule has 2 atom stereocenters. The highest BCUT2D eigenvalue weighted by Crippen LogP contribution is 2.21. The van der Waals surface area contributed by atoms with Crippen LogP contribution in [0.5, 0.6) is 0 Å². The standard InChI is InChI=1S/C22H29N3O/c1-17-9-11-21(12-10-17)25-14-13-24(15-18(25)2)16-22(26)23-19(3)20-7-5-4-6-8-20/h4-12,18-19H,13-16H2,1-3H3,(H,23,26)/t18-,19-/m1/s1. The number of carbonyl (C=O) groups is 1. The first kappa shape index (κ1) is 18.5. The lowest BCUT2D eigenvalue weighted by atomic mass is 10.1. The molecule has 0 saturated carbocycles. The Labute approximate surface area is 156 Å². The molecule has 1 heterocycles. The first-order valence-corrected chi connectivity index (χ1v) is 9.43. The number of hydrogen-bond acceptors (Lipinski definition) is 3. The largest absolute Gasteiger partial charge is 0.366 e. The fourth-order valence-corrected chi connectivity index (χ4v) is 3.61. The number of anilines is 1. The Bertz CT molecular complexity index is 714. The molecule has 0 unspecified atom stereocenters. The van der Waals surface area contributed by atoms with Crippen LogP contribution in [-0.2, 0) is 4.79 Å². The fraction of sp³-hybridized carbons (Fsp3) is 0.409. The maximum atomic E-state index is 12.4. The molecule has 0 radical (unpaired) electrons. The van der Waals surface area contributed by atoms with Gasteiger partial charge in [0.25, 0.3) is 0 Å². The van der Waals surface area contributed by atoms with Gasteiger partial charge in [0.2, 0.25) is 5.91 Å². The van der Waals surface area contributed by atoms with Crippen molar-refractivity contribution < 1.29 is 4.79 Å². The molecule has 2 aromatic rings. The minimum atomic E-state index is 0.0370. The Morgan fingerprint density at radius 3 is 2.46 bits per heavy atom. The van der Waals surface area contributed by atoms with Crippen molar-refractivity contribution in [3.63, 3.8) is 0 Å². The summed E-state index contributed by atoms with van der Waals surface area (Å²) in [6, 6.07) is 19.2. The number of nitrogens with zero attached hydrogens (tertiary/aromatic N) is 2. The van der Waals surface area contributed by atoms with Gasteiger partial charge in [-0.3, -0.25) is 9.69 Å². The fourth-order valence-electron chi connectivity index (χ4n) is 3.61. The number of piperazine rings is 1. The maximum absolute atomic E-state index is 12.4. The number of hydrogen-bond donors (Lipinski definition) is 1. The highest BCUT2D eigenvalue weighted by atomic mass is 16.2. The molecule has 0 aliphatic carbocycles. The molecular weight excluding hydrogens is 322 g/mol. The van der Waals surface area contributed by atoms with Gasteiger partial charge in [-0.15, -0.1) is 0 Å². The van der Waals surface area contributed by atoms with E-state index in [0.717, 1.165) is 25.2 Å². The predicted octanol–water partition coefficient (Wildman–Crippen LogP) is 3.38. The lowest BCUT2D eigenvalue weighted by molar-refractivity contribution is -0.123. The Balaban J connectivity index is 1.51. The molecule has 1 saturated heterocycles. The summed E-state index contributed by atoms with van der Waals surface area (Å²) < 4.78 is 0. The topological polar surface area (TPSA) is 35.6 Å². The smallest absolute Gasteiger partial charge is 0.234 e. The average molecular weight is 351 g/mol. The predicted molar refractivity (Wildman–Crippen MR) is 107 cm³/mol. The number of amides is 1. The molecule has 3 rings (SSSR count). The summed E-state index contributed by atoms with van der Waals surface area (Å²) in [7, 11) is 0. The quantitative estimate of drug-likeness (QED) is 0.897. The van der Waals surface area contributed by atoms with Crippen molar-refractivity contribution in [1.82, 2.24) is 10.2 Å². The molecule has 1 N–H and O–H groups in total. The summed E-state index contributed by atoms with van der Waals surface area (Å²) in [5.74, 6) is 0.0948. The second kappa shape index (κ2) is 8.37. The molecule has 4 heteroatoms. The molecule has 138 valence electrons. The third-order valence-corrected chi connectivity index (χ3v) is 5.12. The van der Waals surface area contributed by atoms with E-state index < -0.39 is 0 Å². The van der Waals surface area contributed by atoms with Gasteiger partial charge in [-0.1, -0.05) is 48.0 Å². The third-order valence-electron chi connectivity index (χ3n) is 5.12. The maximum Gasteiger partial charge on any atom is 0.234 e. The minimum Gasteiger partial charge on any atom is -0.366 e. The van der Waals surface area contributed by atoms with Crippen LogP contribution in [0, 0.1) is 6.92 Å². The second-order valence-corrected chi connectivity index (χ2v) is 7.31. The van der Waals surface area contributed by atoms with Crippen molar-refractivity contribution in [1.29, 1.82) is 0 Å². The summed E-state index contributed by atoms with van der Waals surface area (Å²) in [6.45, 7) is 9.60. The van der Waals surface area contributed by atoms with E-state index in [2.05, 4.69) is 53.2 Å². The molecule has 4 nitrogen and oxygen atoms in total. The van der Waals surface area contributed by atoms with Crippen molar-refractivity contribution in [3.8, 4) is 0 Å². The highest BCUT2D eigenvalue weighted by Gasteiger charge is 2.25. The third kappa shape index (κ3) is 4.64. The van der Waals surface area contributed by atoms with Crippen molar-refractivity contribution >= 4 is 11.6 Å². The van der Waals surface area contributed by atoms with Gasteiger partial charge >= 0.3 is 0 Å². The molecular formula is C22H29N3O. The van der Waals surface area contributed by atoms with Gasteiger partial charge in [-0.2, -0.15) is 0 Å². The summed E-state index contributed by atoms with van der Waals surface area (Å²) in [5, 5.41) is 3.11. The van der Waals surface area contributed by atoms with Gasteiger partial charge in [-0.05, 0) is 38.5 Å². The van der Waals surface area contributed by atoms with Crippen molar-refractivity contribution in [2.24, 2.45) is 0 Å². The molecule has 1 fully saturated rings. The number of carbonyl (C=O) groups excluding carboxylic acids is 1. The van der Waals surface area contributed by atoms with Crippen molar-refractivity contribution in [2.75, 3.05) is 31.1 Å². The van der Waals surface area contributed by atoms with Crippen LogP contribution < -0.4 is 10.2 Å². The molecule has 1 amide bonds. The Morgan fingerprint density at radius 1 is 1.12 bits per heavy atom. The molecule has 0 aromatic heterocycles. The van der Waals surface area contributed by atoms with E-state index in [9.17, 15) is 4.79 Å². The van der Waals surface area contributed by atoms with Crippen LogP contribution in [0.4, 0.5) is 5.69 Å². The van der Waals surface area contributed by atoms with Crippen LogP contribution >= 0.6 is 0 Å². The summed E-state index contributed by atoms with van der Waals surface area (Å²) in [4.78, 5) is 17.1. The van der Waals surface area contributed by atoms with Gasteiger partial charge in [0.05, 0.1) is 12.6 Å². The lowest BCUT2D eigenvalue weighted by Gasteiger charge is -2.41. The first-order valence-electron chi connectivity index (χ1n) is 9.43. The van der Waals surface area contributed by atoms with E-state index in [0.29, 0.717) is 12.6 Å². The Kier molecular flexibility index (Phi) is 5.94. The Hall–Kier alpha value is -2.33. The van der Waals surface area contributed by atoms with Crippen LogP contribution in [0.2, 0.25) is 0 Å². The molecule has 1 aliphatic rings. The van der Waals surface area contributed by atoms with Crippen LogP contribution in [-0.4, -0.2) is 43.0 Å². The monoisotopic (exact) mass is 351 g/mol. The molecule has 0 spiro atoms. The molecule has 2 aromatic carbocycles. The van der Waals surface area contributed by atoms with Gasteiger partial charge in [-0.25, -0.2) is 0 Å². The van der Waals surface area contributed by atoms with E-state index in [4.69, 9.17) is 0 Å². The summed E-state index contributed by atoms with van der Waals surface area (Å²) >= 11 is 0. The van der Waals surface area contributed by atoms with E-state index in [1.165, 1.54) is 11.3 Å². The van der Waals surface area contributed by atoms with Gasteiger partial charge in [0.15, 0.2) is 0 Å². The van der Waals surface area contributed by atoms with Crippen LogP contribution in [0.1, 0.15) is 31.0 Å². The van der Waals surface area contributed by atoms with Gasteiger partial charge in [0, 0.05) is 31.4 Å². The first-order chi connectivity index (χ1) is 12.5. The Morgan fingerprint density at radius 2 is 1.81 bits per heavy atom. The van der Waals surface area contributed by atoms with Gasteiger partial charge < -0.3 is 10.2 Å². The van der Waals surface area contributed by atoms with Crippen LogP contribution in [0.25, 0.3) is 0 Å². The number of aryl methyl sites for hydroxylation is 1. The molecule has 1 aliphatic heterocycles. The van der Waals surface area contributed by atoms with Crippen molar-refractivity contribution in [2.45, 2.75) is 32.9 Å². The van der Waals surface area contributed by atoms with E-state index in [1.54, 1.807) is 0 Å². The van der Waals surface area contributed by atoms with Gasteiger partial charge in [0.1, 0.15) is 0 Å². The minimum absolute atomic E-state index is 0.0370. The molecule has 0 bridgehead atoms. The van der Waals surface area contributed by atoms with Crippen LogP contribution in [0.15, 0.2) is 54.6 Å². The van der Waals surface area contributed by atoms with E-state index in [1.807, 2.05) is 37.3 Å². The SMILES string of the molecule is Cc1ccc(N2CCN(CC(=O)N[C@H](C)c3ccccc3)C[C@H]2C)cc1.